The molecule has 0 unspecified atom stereocenters. The summed E-state index contributed by atoms with van der Waals surface area (Å²) in [6.07, 6.45) is 0. The average molecular weight is 370 g/mol. The lowest BCUT2D eigenvalue weighted by atomic mass is 9.93. The number of rotatable bonds is 10. The van der Waals surface area contributed by atoms with E-state index in [-0.39, 0.29) is 30.4 Å². The predicted octanol–water partition coefficient (Wildman–Crippen LogP) is 2.40. The molecule has 0 spiro atoms. The summed E-state index contributed by atoms with van der Waals surface area (Å²) >= 11 is 0. The van der Waals surface area contributed by atoms with Gasteiger partial charge in [-0.05, 0) is 29.7 Å². The van der Waals surface area contributed by atoms with E-state index < -0.39 is 0 Å². The third-order valence-electron chi connectivity index (χ3n) is 3.75. The van der Waals surface area contributed by atoms with E-state index in [9.17, 15) is 9.59 Å². The van der Waals surface area contributed by atoms with Crippen LogP contribution >= 0.6 is 0 Å². The number of hydrogen-bond donors (Lipinski definition) is 2. The van der Waals surface area contributed by atoms with Gasteiger partial charge in [-0.2, -0.15) is 0 Å². The van der Waals surface area contributed by atoms with Crippen molar-refractivity contribution in [1.29, 1.82) is 0 Å². The normalized spacial score (nSPS) is 10.7. The molecule has 0 fully saturated rings. The first kappa shape index (κ1) is 20.3. The number of ether oxygens (including phenoxy) is 2. The van der Waals surface area contributed by atoms with Gasteiger partial charge < -0.3 is 20.1 Å². The summed E-state index contributed by atoms with van der Waals surface area (Å²) in [5, 5.41) is 5.66. The van der Waals surface area contributed by atoms with Gasteiger partial charge in [0.1, 0.15) is 11.5 Å². The lowest BCUT2D eigenvalue weighted by Crippen LogP contribution is -2.44. The van der Waals surface area contributed by atoms with Crippen LogP contribution in [0.25, 0.3) is 0 Å². The van der Waals surface area contributed by atoms with Crippen LogP contribution in [-0.2, 0) is 9.59 Å². The standard InChI is InChI=1S/C21H26N2O4/c1-21(2,15-22-19(24)13-26-17-9-5-3-6-10-17)16-23-20(25)14-27-18-11-7-4-8-12-18/h3-12H,13-16H2,1-2H3,(H,22,24)(H,23,25). The molecular formula is C21H26N2O4. The Morgan fingerprint density at radius 1 is 0.741 bits per heavy atom. The van der Waals surface area contributed by atoms with Gasteiger partial charge in [0.2, 0.25) is 0 Å². The molecule has 2 aromatic rings. The second kappa shape index (κ2) is 10.2. The fourth-order valence-corrected chi connectivity index (χ4v) is 2.17. The first-order valence-corrected chi connectivity index (χ1v) is 8.84. The molecule has 2 aromatic carbocycles. The van der Waals surface area contributed by atoms with E-state index in [1.807, 2.05) is 50.2 Å². The third-order valence-corrected chi connectivity index (χ3v) is 3.75. The molecule has 2 rings (SSSR count). The number of amides is 2. The van der Waals surface area contributed by atoms with Crippen LogP contribution in [0.2, 0.25) is 0 Å². The van der Waals surface area contributed by atoms with Crippen LogP contribution in [0.3, 0.4) is 0 Å². The number of carbonyl (C=O) groups is 2. The van der Waals surface area contributed by atoms with Crippen molar-refractivity contribution in [2.45, 2.75) is 13.8 Å². The molecule has 0 atom stereocenters. The zero-order valence-electron chi connectivity index (χ0n) is 15.7. The molecule has 6 nitrogen and oxygen atoms in total. The van der Waals surface area contributed by atoms with Gasteiger partial charge in [0, 0.05) is 13.1 Å². The fourth-order valence-electron chi connectivity index (χ4n) is 2.17. The number of nitrogens with one attached hydrogen (secondary N) is 2. The maximum absolute atomic E-state index is 11.9. The molecule has 2 N–H and O–H groups in total. The van der Waals surface area contributed by atoms with Crippen molar-refractivity contribution in [3.05, 3.63) is 60.7 Å². The maximum Gasteiger partial charge on any atom is 0.257 e. The smallest absolute Gasteiger partial charge is 0.257 e. The molecule has 2 amide bonds. The van der Waals surface area contributed by atoms with E-state index in [0.717, 1.165) is 0 Å². The topological polar surface area (TPSA) is 76.7 Å². The van der Waals surface area contributed by atoms with Crippen LogP contribution in [0, 0.1) is 5.41 Å². The molecule has 0 aliphatic carbocycles. The Morgan fingerprint density at radius 2 is 1.11 bits per heavy atom. The minimum atomic E-state index is -0.301. The lowest BCUT2D eigenvalue weighted by molar-refractivity contribution is -0.123. The molecule has 0 aliphatic heterocycles. The Kier molecular flexibility index (Phi) is 7.67. The highest BCUT2D eigenvalue weighted by molar-refractivity contribution is 5.78. The summed E-state index contributed by atoms with van der Waals surface area (Å²) in [7, 11) is 0. The highest BCUT2D eigenvalue weighted by Crippen LogP contribution is 2.12. The quantitative estimate of drug-likeness (QED) is 0.673. The molecule has 0 aromatic heterocycles. The van der Waals surface area contributed by atoms with Gasteiger partial charge in [-0.25, -0.2) is 0 Å². The van der Waals surface area contributed by atoms with Gasteiger partial charge in [0.15, 0.2) is 13.2 Å². The molecular weight excluding hydrogens is 344 g/mol. The first-order valence-electron chi connectivity index (χ1n) is 8.84. The van der Waals surface area contributed by atoms with Crippen molar-refractivity contribution in [2.24, 2.45) is 5.41 Å². The molecule has 6 heteroatoms. The van der Waals surface area contributed by atoms with E-state index in [0.29, 0.717) is 24.6 Å². The second-order valence-electron chi connectivity index (χ2n) is 6.92. The summed E-state index contributed by atoms with van der Waals surface area (Å²) in [4.78, 5) is 23.8. The Bertz CT molecular complexity index is 656. The van der Waals surface area contributed by atoms with E-state index in [4.69, 9.17) is 9.47 Å². The van der Waals surface area contributed by atoms with Crippen LogP contribution in [-0.4, -0.2) is 38.1 Å². The van der Waals surface area contributed by atoms with Crippen LogP contribution in [0.15, 0.2) is 60.7 Å². The van der Waals surface area contributed by atoms with E-state index >= 15 is 0 Å². The Hall–Kier alpha value is -3.02. The minimum Gasteiger partial charge on any atom is -0.484 e. The SMILES string of the molecule is CC(C)(CNC(=O)COc1ccccc1)CNC(=O)COc1ccccc1. The summed E-state index contributed by atoms with van der Waals surface area (Å²) in [5.41, 5.74) is -0.301. The van der Waals surface area contributed by atoms with Gasteiger partial charge in [-0.15, -0.1) is 0 Å². The maximum atomic E-state index is 11.9. The highest BCUT2D eigenvalue weighted by Gasteiger charge is 2.20. The van der Waals surface area contributed by atoms with Crippen LogP contribution in [0.4, 0.5) is 0 Å². The molecule has 0 saturated carbocycles. The van der Waals surface area contributed by atoms with Gasteiger partial charge in [0.05, 0.1) is 0 Å². The van der Waals surface area contributed by atoms with Crippen LogP contribution in [0.1, 0.15) is 13.8 Å². The molecule has 0 radical (unpaired) electrons. The summed E-state index contributed by atoms with van der Waals surface area (Å²) in [6.45, 7) is 4.68. The molecule has 0 aliphatic rings. The lowest BCUT2D eigenvalue weighted by Gasteiger charge is -2.25. The third kappa shape index (κ3) is 8.27. The monoisotopic (exact) mass is 370 g/mol. The number of hydrogen-bond acceptors (Lipinski definition) is 4. The minimum absolute atomic E-state index is 0.0443. The van der Waals surface area contributed by atoms with Gasteiger partial charge in [0.25, 0.3) is 11.8 Å². The van der Waals surface area contributed by atoms with Crippen molar-refractivity contribution in [1.82, 2.24) is 10.6 Å². The molecule has 27 heavy (non-hydrogen) atoms. The Morgan fingerprint density at radius 3 is 1.48 bits per heavy atom. The number of carbonyl (C=O) groups excluding carboxylic acids is 2. The summed E-state index contributed by atoms with van der Waals surface area (Å²) < 4.78 is 10.8. The second-order valence-corrected chi connectivity index (χ2v) is 6.92. The average Bonchev–Trinajstić information content (AvgIpc) is 2.69. The number of para-hydroxylation sites is 2. The van der Waals surface area contributed by atoms with Crippen molar-refractivity contribution in [2.75, 3.05) is 26.3 Å². The molecule has 0 saturated heterocycles. The molecule has 0 heterocycles. The Balaban J connectivity index is 1.63. The fraction of sp³-hybridized carbons (Fsp3) is 0.333. The van der Waals surface area contributed by atoms with E-state index in [1.165, 1.54) is 0 Å². The van der Waals surface area contributed by atoms with Crippen molar-refractivity contribution in [3.8, 4) is 11.5 Å². The highest BCUT2D eigenvalue weighted by atomic mass is 16.5. The first-order chi connectivity index (χ1) is 12.9. The van der Waals surface area contributed by atoms with Crippen molar-refractivity contribution in [3.63, 3.8) is 0 Å². The van der Waals surface area contributed by atoms with Gasteiger partial charge in [-0.1, -0.05) is 50.2 Å². The van der Waals surface area contributed by atoms with E-state index in [2.05, 4.69) is 10.6 Å². The molecule has 144 valence electrons. The molecule has 0 bridgehead atoms. The van der Waals surface area contributed by atoms with Crippen molar-refractivity contribution >= 4 is 11.8 Å². The van der Waals surface area contributed by atoms with Crippen LogP contribution < -0.4 is 20.1 Å². The van der Waals surface area contributed by atoms with Crippen molar-refractivity contribution < 1.29 is 19.1 Å². The Labute approximate surface area is 159 Å². The predicted molar refractivity (Wildman–Crippen MR) is 104 cm³/mol. The van der Waals surface area contributed by atoms with Gasteiger partial charge in [-0.3, -0.25) is 9.59 Å². The summed E-state index contributed by atoms with van der Waals surface area (Å²) in [5.74, 6) is 0.895. The summed E-state index contributed by atoms with van der Waals surface area (Å²) in [6, 6.07) is 18.3. The number of benzene rings is 2. The van der Waals surface area contributed by atoms with Crippen LogP contribution in [0.5, 0.6) is 11.5 Å². The largest absolute Gasteiger partial charge is 0.484 e. The van der Waals surface area contributed by atoms with E-state index in [1.54, 1.807) is 24.3 Å². The zero-order chi connectivity index (χ0) is 19.5. The zero-order valence-corrected chi connectivity index (χ0v) is 15.7. The van der Waals surface area contributed by atoms with Gasteiger partial charge >= 0.3 is 0 Å².